The Hall–Kier alpha value is -2.77. The summed E-state index contributed by atoms with van der Waals surface area (Å²) in [5.74, 6) is 0.0646. The Morgan fingerprint density at radius 2 is 1.96 bits per heavy atom. The summed E-state index contributed by atoms with van der Waals surface area (Å²) in [6.45, 7) is 1.96. The first-order chi connectivity index (χ1) is 11.0. The van der Waals surface area contributed by atoms with Crippen molar-refractivity contribution in [2.75, 3.05) is 12.4 Å². The molecule has 5 heteroatoms. The summed E-state index contributed by atoms with van der Waals surface area (Å²) in [7, 11) is 1.52. The number of carbonyl (C=O) groups is 1. The largest absolute Gasteiger partial charge is 0.495 e. The second-order valence-electron chi connectivity index (χ2n) is 4.88. The lowest BCUT2D eigenvalue weighted by atomic mass is 10.1. The van der Waals surface area contributed by atoms with Gasteiger partial charge in [0.15, 0.2) is 0 Å². The molecule has 0 heterocycles. The van der Waals surface area contributed by atoms with E-state index in [1.165, 1.54) is 13.2 Å². The lowest BCUT2D eigenvalue weighted by molar-refractivity contribution is -0.112. The van der Waals surface area contributed by atoms with E-state index >= 15 is 0 Å². The van der Waals surface area contributed by atoms with E-state index in [9.17, 15) is 10.1 Å². The maximum absolute atomic E-state index is 12.2. The summed E-state index contributed by atoms with van der Waals surface area (Å²) in [6.07, 6.45) is 1.48. The number of nitrogens with zero attached hydrogens (tertiary/aromatic N) is 1. The molecule has 2 rings (SSSR count). The van der Waals surface area contributed by atoms with Crippen LogP contribution in [0.4, 0.5) is 5.69 Å². The summed E-state index contributed by atoms with van der Waals surface area (Å²) in [6, 6.07) is 14.3. The van der Waals surface area contributed by atoms with E-state index in [0.717, 1.165) is 5.56 Å². The standard InChI is InChI=1S/C18H15ClN2O2/c1-12-3-6-15(7-4-12)21-18(22)14(11-20)9-13-5-8-17(23-2)16(19)10-13/h3-10H,1-2H3,(H,21,22)/b14-9+. The molecule has 116 valence electrons. The highest BCUT2D eigenvalue weighted by molar-refractivity contribution is 6.32. The molecule has 0 unspecified atom stereocenters. The van der Waals surface area contributed by atoms with Crippen LogP contribution < -0.4 is 10.1 Å². The molecule has 0 saturated heterocycles. The van der Waals surface area contributed by atoms with Gasteiger partial charge in [-0.25, -0.2) is 0 Å². The fourth-order valence-electron chi connectivity index (χ4n) is 1.92. The van der Waals surface area contributed by atoms with Crippen LogP contribution in [0.2, 0.25) is 5.02 Å². The number of anilines is 1. The van der Waals surface area contributed by atoms with Gasteiger partial charge in [-0.3, -0.25) is 4.79 Å². The average Bonchev–Trinajstić information content (AvgIpc) is 2.54. The zero-order chi connectivity index (χ0) is 16.8. The zero-order valence-electron chi connectivity index (χ0n) is 12.8. The molecule has 0 bridgehead atoms. The maximum atomic E-state index is 12.2. The lowest BCUT2D eigenvalue weighted by Gasteiger charge is -2.06. The number of rotatable bonds is 4. The van der Waals surface area contributed by atoms with Crippen LogP contribution in [0, 0.1) is 18.3 Å². The van der Waals surface area contributed by atoms with Gasteiger partial charge in [-0.05, 0) is 42.8 Å². The third-order valence-electron chi connectivity index (χ3n) is 3.16. The molecule has 0 aliphatic rings. The average molecular weight is 327 g/mol. The monoisotopic (exact) mass is 326 g/mol. The Balaban J connectivity index is 2.21. The van der Waals surface area contributed by atoms with Gasteiger partial charge >= 0.3 is 0 Å². The molecule has 0 fully saturated rings. The Morgan fingerprint density at radius 1 is 1.26 bits per heavy atom. The minimum Gasteiger partial charge on any atom is -0.495 e. The number of carbonyl (C=O) groups excluding carboxylic acids is 1. The van der Waals surface area contributed by atoms with Gasteiger partial charge in [0.05, 0.1) is 12.1 Å². The molecule has 23 heavy (non-hydrogen) atoms. The van der Waals surface area contributed by atoms with Gasteiger partial charge in [0.2, 0.25) is 0 Å². The number of aryl methyl sites for hydroxylation is 1. The third-order valence-corrected chi connectivity index (χ3v) is 3.46. The SMILES string of the molecule is COc1ccc(/C=C(\C#N)C(=O)Nc2ccc(C)cc2)cc1Cl. The molecule has 2 aromatic rings. The van der Waals surface area contributed by atoms with Gasteiger partial charge in [0.25, 0.3) is 5.91 Å². The van der Waals surface area contributed by atoms with Crippen molar-refractivity contribution in [1.29, 1.82) is 5.26 Å². The fraction of sp³-hybridized carbons (Fsp3) is 0.111. The van der Waals surface area contributed by atoms with Crippen LogP contribution in [0.1, 0.15) is 11.1 Å². The summed E-state index contributed by atoms with van der Waals surface area (Å²) in [5.41, 5.74) is 2.36. The van der Waals surface area contributed by atoms with Gasteiger partial charge in [0.1, 0.15) is 17.4 Å². The molecule has 0 atom stereocenters. The van der Waals surface area contributed by atoms with E-state index in [1.807, 2.05) is 25.1 Å². The van der Waals surface area contributed by atoms with E-state index in [-0.39, 0.29) is 5.57 Å². The van der Waals surface area contributed by atoms with Gasteiger partial charge < -0.3 is 10.1 Å². The number of ether oxygens (including phenoxy) is 1. The zero-order valence-corrected chi connectivity index (χ0v) is 13.5. The quantitative estimate of drug-likeness (QED) is 0.676. The van der Waals surface area contributed by atoms with E-state index in [1.54, 1.807) is 30.3 Å². The minimum atomic E-state index is -0.469. The van der Waals surface area contributed by atoms with E-state index in [2.05, 4.69) is 5.32 Å². The predicted octanol–water partition coefficient (Wildman–Crippen LogP) is 4.20. The third kappa shape index (κ3) is 4.35. The molecule has 0 aromatic heterocycles. The topological polar surface area (TPSA) is 62.1 Å². The van der Waals surface area contributed by atoms with Crippen molar-refractivity contribution >= 4 is 29.3 Å². The molecule has 0 aliphatic carbocycles. The first kappa shape index (κ1) is 16.6. The molecule has 0 saturated carbocycles. The molecule has 1 amide bonds. The number of halogens is 1. The van der Waals surface area contributed by atoms with Crippen LogP contribution in [0.25, 0.3) is 6.08 Å². The first-order valence-corrected chi connectivity index (χ1v) is 7.24. The van der Waals surface area contributed by atoms with Crippen molar-refractivity contribution in [3.05, 3.63) is 64.2 Å². The Morgan fingerprint density at radius 3 is 2.52 bits per heavy atom. The molecule has 0 radical (unpaired) electrons. The summed E-state index contributed by atoms with van der Waals surface area (Å²) in [5, 5.41) is 12.3. The van der Waals surface area contributed by atoms with Gasteiger partial charge in [-0.15, -0.1) is 0 Å². The number of benzene rings is 2. The minimum absolute atomic E-state index is 0.00758. The maximum Gasteiger partial charge on any atom is 0.266 e. The molecule has 0 aliphatic heterocycles. The van der Waals surface area contributed by atoms with Crippen LogP contribution in [0.3, 0.4) is 0 Å². The smallest absolute Gasteiger partial charge is 0.266 e. The number of hydrogen-bond donors (Lipinski definition) is 1. The highest BCUT2D eigenvalue weighted by Gasteiger charge is 2.10. The Kier molecular flexibility index (Phi) is 5.40. The van der Waals surface area contributed by atoms with Crippen molar-refractivity contribution in [2.45, 2.75) is 6.92 Å². The van der Waals surface area contributed by atoms with Crippen molar-refractivity contribution in [1.82, 2.24) is 0 Å². The van der Waals surface area contributed by atoms with Crippen molar-refractivity contribution in [2.24, 2.45) is 0 Å². The van der Waals surface area contributed by atoms with Crippen LogP contribution >= 0.6 is 11.6 Å². The molecular formula is C18H15ClN2O2. The molecule has 2 aromatic carbocycles. The van der Waals surface area contributed by atoms with E-state index < -0.39 is 5.91 Å². The van der Waals surface area contributed by atoms with Gasteiger partial charge in [-0.1, -0.05) is 35.4 Å². The Labute approximate surface area is 140 Å². The van der Waals surface area contributed by atoms with Gasteiger partial charge in [0, 0.05) is 5.69 Å². The van der Waals surface area contributed by atoms with Crippen molar-refractivity contribution in [3.8, 4) is 11.8 Å². The summed E-state index contributed by atoms with van der Waals surface area (Å²) in [4.78, 5) is 12.2. The molecule has 1 N–H and O–H groups in total. The van der Waals surface area contributed by atoms with Gasteiger partial charge in [-0.2, -0.15) is 5.26 Å². The van der Waals surface area contributed by atoms with Crippen LogP contribution in [0.5, 0.6) is 5.75 Å². The number of hydrogen-bond acceptors (Lipinski definition) is 3. The number of nitrogens with one attached hydrogen (secondary N) is 1. The van der Waals surface area contributed by atoms with E-state index in [4.69, 9.17) is 16.3 Å². The normalized spacial score (nSPS) is 10.8. The molecular weight excluding hydrogens is 312 g/mol. The number of nitriles is 1. The van der Waals surface area contributed by atoms with Crippen LogP contribution in [-0.4, -0.2) is 13.0 Å². The second kappa shape index (κ2) is 7.48. The van der Waals surface area contributed by atoms with Crippen LogP contribution in [0.15, 0.2) is 48.0 Å². The van der Waals surface area contributed by atoms with Crippen LogP contribution in [-0.2, 0) is 4.79 Å². The first-order valence-electron chi connectivity index (χ1n) is 6.87. The second-order valence-corrected chi connectivity index (χ2v) is 5.29. The Bertz CT molecular complexity index is 790. The van der Waals surface area contributed by atoms with E-state index in [0.29, 0.717) is 22.0 Å². The summed E-state index contributed by atoms with van der Waals surface area (Å²) < 4.78 is 5.07. The highest BCUT2D eigenvalue weighted by atomic mass is 35.5. The number of methoxy groups -OCH3 is 1. The predicted molar refractivity (Wildman–Crippen MR) is 91.4 cm³/mol. The summed E-state index contributed by atoms with van der Waals surface area (Å²) >= 11 is 6.04. The molecule has 0 spiro atoms. The number of amides is 1. The fourth-order valence-corrected chi connectivity index (χ4v) is 2.19. The van der Waals surface area contributed by atoms with Crippen molar-refractivity contribution < 1.29 is 9.53 Å². The van der Waals surface area contributed by atoms with Crippen molar-refractivity contribution in [3.63, 3.8) is 0 Å². The molecule has 4 nitrogen and oxygen atoms in total. The lowest BCUT2D eigenvalue weighted by Crippen LogP contribution is -2.13. The highest BCUT2D eigenvalue weighted by Crippen LogP contribution is 2.26.